The molecule has 1 rings (SSSR count). The van der Waals surface area contributed by atoms with Crippen molar-refractivity contribution in [3.63, 3.8) is 0 Å². The first-order valence-electron chi connectivity index (χ1n) is 4.54. The van der Waals surface area contributed by atoms with E-state index < -0.39 is 5.97 Å². The Morgan fingerprint density at radius 1 is 1.53 bits per heavy atom. The standard InChI is InChI=1S/C9H13N3O3/c1-15-6-2-5-10-8-4-3-7(9(13)14)11-12-8/h3-4H,2,5-6H2,1H3,(H,10,12)(H,13,14). The fourth-order valence-electron chi connectivity index (χ4n) is 0.974. The number of carboxylic acid groups (broad SMARTS) is 1. The minimum Gasteiger partial charge on any atom is -0.476 e. The predicted octanol–water partition coefficient (Wildman–Crippen LogP) is 0.623. The van der Waals surface area contributed by atoms with Gasteiger partial charge in [0.25, 0.3) is 0 Å². The predicted molar refractivity (Wildman–Crippen MR) is 54.0 cm³/mol. The van der Waals surface area contributed by atoms with Crippen molar-refractivity contribution in [2.24, 2.45) is 0 Å². The first-order chi connectivity index (χ1) is 7.24. The molecule has 1 aromatic heterocycles. The van der Waals surface area contributed by atoms with E-state index in [9.17, 15) is 4.79 Å². The molecule has 0 amide bonds. The molecule has 0 saturated carbocycles. The van der Waals surface area contributed by atoms with E-state index in [-0.39, 0.29) is 5.69 Å². The van der Waals surface area contributed by atoms with Crippen LogP contribution in [0, 0.1) is 0 Å². The maximum Gasteiger partial charge on any atom is 0.356 e. The maximum atomic E-state index is 10.5. The van der Waals surface area contributed by atoms with E-state index in [1.807, 2.05) is 0 Å². The van der Waals surface area contributed by atoms with Crippen LogP contribution in [-0.2, 0) is 4.74 Å². The number of aromatic carboxylic acids is 1. The van der Waals surface area contributed by atoms with Crippen LogP contribution in [0.2, 0.25) is 0 Å². The van der Waals surface area contributed by atoms with Crippen LogP contribution in [0.25, 0.3) is 0 Å². The maximum absolute atomic E-state index is 10.5. The summed E-state index contributed by atoms with van der Waals surface area (Å²) in [6.07, 6.45) is 0.860. The molecule has 0 unspecified atom stereocenters. The van der Waals surface area contributed by atoms with Crippen LogP contribution in [-0.4, -0.2) is 41.5 Å². The van der Waals surface area contributed by atoms with E-state index in [2.05, 4.69) is 15.5 Å². The molecule has 0 atom stereocenters. The Hall–Kier alpha value is -1.69. The summed E-state index contributed by atoms with van der Waals surface area (Å²) in [6, 6.07) is 3.00. The Labute approximate surface area is 87.3 Å². The third-order valence-corrected chi connectivity index (χ3v) is 1.72. The molecule has 0 radical (unpaired) electrons. The molecule has 0 bridgehead atoms. The van der Waals surface area contributed by atoms with Crippen LogP contribution in [0.4, 0.5) is 5.82 Å². The van der Waals surface area contributed by atoms with Crippen molar-refractivity contribution in [1.82, 2.24) is 10.2 Å². The summed E-state index contributed by atoms with van der Waals surface area (Å²) < 4.78 is 4.88. The van der Waals surface area contributed by atoms with E-state index in [0.717, 1.165) is 13.0 Å². The number of carbonyl (C=O) groups is 1. The molecule has 0 aliphatic rings. The average Bonchev–Trinajstić information content (AvgIpc) is 2.25. The van der Waals surface area contributed by atoms with Crippen LogP contribution >= 0.6 is 0 Å². The molecule has 0 aliphatic heterocycles. The Morgan fingerprint density at radius 2 is 2.33 bits per heavy atom. The van der Waals surface area contributed by atoms with Gasteiger partial charge in [-0.15, -0.1) is 10.2 Å². The number of nitrogens with one attached hydrogen (secondary N) is 1. The molecular formula is C9H13N3O3. The number of carboxylic acids is 1. The average molecular weight is 211 g/mol. The van der Waals surface area contributed by atoms with Gasteiger partial charge in [-0.2, -0.15) is 0 Å². The molecule has 6 heteroatoms. The van der Waals surface area contributed by atoms with Gasteiger partial charge in [-0.25, -0.2) is 4.79 Å². The van der Waals surface area contributed by atoms with Gasteiger partial charge in [0.2, 0.25) is 0 Å². The Morgan fingerprint density at radius 3 is 2.87 bits per heavy atom. The molecule has 0 aromatic carbocycles. The molecule has 6 nitrogen and oxygen atoms in total. The van der Waals surface area contributed by atoms with Crippen molar-refractivity contribution in [1.29, 1.82) is 0 Å². The minimum absolute atomic E-state index is 0.0579. The monoisotopic (exact) mass is 211 g/mol. The number of nitrogens with zero attached hydrogens (tertiary/aromatic N) is 2. The lowest BCUT2D eigenvalue weighted by Crippen LogP contribution is -2.08. The zero-order valence-corrected chi connectivity index (χ0v) is 8.43. The highest BCUT2D eigenvalue weighted by Crippen LogP contribution is 2.01. The first-order valence-corrected chi connectivity index (χ1v) is 4.54. The Bertz CT molecular complexity index is 313. The normalized spacial score (nSPS) is 9.93. The highest BCUT2D eigenvalue weighted by molar-refractivity contribution is 5.85. The van der Waals surface area contributed by atoms with Gasteiger partial charge in [-0.3, -0.25) is 0 Å². The van der Waals surface area contributed by atoms with Gasteiger partial charge in [0.15, 0.2) is 5.69 Å². The van der Waals surface area contributed by atoms with Gasteiger partial charge in [0.05, 0.1) is 0 Å². The van der Waals surface area contributed by atoms with E-state index in [4.69, 9.17) is 9.84 Å². The van der Waals surface area contributed by atoms with Crippen LogP contribution in [0.3, 0.4) is 0 Å². The van der Waals surface area contributed by atoms with Crippen molar-refractivity contribution < 1.29 is 14.6 Å². The molecule has 0 spiro atoms. The van der Waals surface area contributed by atoms with E-state index in [1.165, 1.54) is 6.07 Å². The highest BCUT2D eigenvalue weighted by Gasteiger charge is 2.04. The van der Waals surface area contributed by atoms with Crippen LogP contribution in [0.1, 0.15) is 16.9 Å². The molecule has 15 heavy (non-hydrogen) atoms. The van der Waals surface area contributed by atoms with Crippen LogP contribution < -0.4 is 5.32 Å². The summed E-state index contributed by atoms with van der Waals surface area (Å²) in [4.78, 5) is 10.5. The Kier molecular flexibility index (Phi) is 4.49. The van der Waals surface area contributed by atoms with Gasteiger partial charge in [-0.05, 0) is 18.6 Å². The number of hydrogen-bond acceptors (Lipinski definition) is 5. The quantitative estimate of drug-likeness (QED) is 0.671. The molecule has 1 heterocycles. The second-order valence-corrected chi connectivity index (χ2v) is 2.88. The number of hydrogen-bond donors (Lipinski definition) is 2. The third-order valence-electron chi connectivity index (χ3n) is 1.72. The number of aromatic nitrogens is 2. The summed E-state index contributed by atoms with van der Waals surface area (Å²) in [5, 5.41) is 18.8. The lowest BCUT2D eigenvalue weighted by atomic mass is 10.4. The summed E-state index contributed by atoms with van der Waals surface area (Å²) >= 11 is 0. The highest BCUT2D eigenvalue weighted by atomic mass is 16.5. The fourth-order valence-corrected chi connectivity index (χ4v) is 0.974. The smallest absolute Gasteiger partial charge is 0.356 e. The van der Waals surface area contributed by atoms with Gasteiger partial charge >= 0.3 is 5.97 Å². The molecule has 0 saturated heterocycles. The minimum atomic E-state index is -1.08. The zero-order chi connectivity index (χ0) is 11.1. The second kappa shape index (κ2) is 5.92. The van der Waals surface area contributed by atoms with Crippen molar-refractivity contribution in [3.05, 3.63) is 17.8 Å². The molecule has 1 aromatic rings. The topological polar surface area (TPSA) is 84.3 Å². The van der Waals surface area contributed by atoms with Gasteiger partial charge in [-0.1, -0.05) is 0 Å². The number of anilines is 1. The molecule has 82 valence electrons. The second-order valence-electron chi connectivity index (χ2n) is 2.88. The van der Waals surface area contributed by atoms with E-state index in [1.54, 1.807) is 13.2 Å². The van der Waals surface area contributed by atoms with Crippen LogP contribution in [0.5, 0.6) is 0 Å². The fraction of sp³-hybridized carbons (Fsp3) is 0.444. The lowest BCUT2D eigenvalue weighted by Gasteiger charge is -2.03. The van der Waals surface area contributed by atoms with Crippen molar-refractivity contribution in [3.8, 4) is 0 Å². The number of ether oxygens (including phenoxy) is 1. The third kappa shape index (κ3) is 3.90. The Balaban J connectivity index is 2.39. The number of rotatable bonds is 6. The molecular weight excluding hydrogens is 198 g/mol. The molecule has 0 aliphatic carbocycles. The summed E-state index contributed by atoms with van der Waals surface area (Å²) in [5.41, 5.74) is -0.0579. The summed E-state index contributed by atoms with van der Waals surface area (Å²) in [7, 11) is 1.64. The van der Waals surface area contributed by atoms with Crippen molar-refractivity contribution >= 4 is 11.8 Å². The summed E-state index contributed by atoms with van der Waals surface area (Å²) in [6.45, 7) is 1.39. The van der Waals surface area contributed by atoms with Crippen molar-refractivity contribution in [2.75, 3.05) is 25.6 Å². The zero-order valence-electron chi connectivity index (χ0n) is 8.43. The first kappa shape index (κ1) is 11.4. The van der Waals surface area contributed by atoms with Crippen LogP contribution in [0.15, 0.2) is 12.1 Å². The van der Waals surface area contributed by atoms with Gasteiger partial charge in [0, 0.05) is 20.3 Å². The van der Waals surface area contributed by atoms with Crippen molar-refractivity contribution in [2.45, 2.75) is 6.42 Å². The number of methoxy groups -OCH3 is 1. The molecule has 0 fully saturated rings. The van der Waals surface area contributed by atoms with Gasteiger partial charge < -0.3 is 15.2 Å². The van der Waals surface area contributed by atoms with Gasteiger partial charge in [0.1, 0.15) is 5.82 Å². The van der Waals surface area contributed by atoms with E-state index >= 15 is 0 Å². The lowest BCUT2D eigenvalue weighted by molar-refractivity contribution is 0.0689. The SMILES string of the molecule is COCCCNc1ccc(C(=O)O)nn1. The summed E-state index contributed by atoms with van der Waals surface area (Å²) in [5.74, 6) is -0.510. The van der Waals surface area contributed by atoms with E-state index in [0.29, 0.717) is 12.4 Å². The largest absolute Gasteiger partial charge is 0.476 e. The molecule has 2 N–H and O–H groups in total.